The number of thioether (sulfide) groups is 2. The molecule has 3 atom stereocenters. The fourth-order valence-corrected chi connectivity index (χ4v) is 6.84. The minimum atomic E-state index is -0.876. The number of halogens is 1. The number of nitrogen functional groups attached to an aromatic ring is 1. The summed E-state index contributed by atoms with van der Waals surface area (Å²) in [4.78, 5) is 53.6. The van der Waals surface area contributed by atoms with Crippen molar-refractivity contribution in [1.82, 2.24) is 25.5 Å². The van der Waals surface area contributed by atoms with Crippen LogP contribution in [-0.4, -0.2) is 74.3 Å². The first-order chi connectivity index (χ1) is 16.8. The van der Waals surface area contributed by atoms with E-state index in [0.29, 0.717) is 11.3 Å². The molecule has 2 aliphatic rings. The molecule has 1 unspecified atom stereocenters. The van der Waals surface area contributed by atoms with Crippen molar-refractivity contribution >= 4 is 74.4 Å². The number of aromatic nitrogens is 2. The van der Waals surface area contributed by atoms with Crippen LogP contribution in [0.2, 0.25) is 0 Å². The Labute approximate surface area is 217 Å². The van der Waals surface area contributed by atoms with Crippen LogP contribution < -0.4 is 16.4 Å². The molecule has 2 aromatic rings. The van der Waals surface area contributed by atoms with Gasteiger partial charge >= 0.3 is 0 Å². The number of likely N-dealkylation sites (N-methyl/N-ethyl adjacent to an activating group) is 1. The highest BCUT2D eigenvalue weighted by Crippen LogP contribution is 2.43. The van der Waals surface area contributed by atoms with Gasteiger partial charge in [-0.1, -0.05) is 5.16 Å². The van der Waals surface area contributed by atoms with Gasteiger partial charge in [-0.05, 0) is 36.4 Å². The van der Waals surface area contributed by atoms with Gasteiger partial charge in [0, 0.05) is 28.4 Å². The number of hydrogen-bond donors (Lipinski definition) is 3. The Morgan fingerprint density at radius 2 is 2.14 bits per heavy atom. The number of fused-ring (bicyclic) bond motifs is 1. The maximum absolute atomic E-state index is 13.1. The van der Waals surface area contributed by atoms with E-state index in [1.54, 1.807) is 24.8 Å². The smallest absolute Gasteiger partial charge is 0.276 e. The van der Waals surface area contributed by atoms with Crippen LogP contribution in [0.1, 0.15) is 5.69 Å². The lowest BCUT2D eigenvalue weighted by atomic mass is 10.0. The van der Waals surface area contributed by atoms with E-state index >= 15 is 0 Å². The van der Waals surface area contributed by atoms with Crippen molar-refractivity contribution in [2.45, 2.75) is 21.7 Å². The summed E-state index contributed by atoms with van der Waals surface area (Å²) >= 11 is 10.0. The van der Waals surface area contributed by atoms with Gasteiger partial charge in [-0.2, -0.15) is 0 Å². The third kappa shape index (κ3) is 5.16. The minimum Gasteiger partial charge on any atom is -0.398 e. The van der Waals surface area contributed by atoms with Gasteiger partial charge in [0.25, 0.3) is 17.1 Å². The Kier molecular flexibility index (Phi) is 7.96. The first-order valence-electron chi connectivity index (χ1n) is 10.1. The molecular weight excluding hydrogens is 534 g/mol. The molecule has 2 aromatic heterocycles. The second kappa shape index (κ2) is 11.0. The van der Waals surface area contributed by atoms with E-state index in [0.717, 1.165) is 16.2 Å². The average Bonchev–Trinajstić information content (AvgIpc) is 3.29. The summed E-state index contributed by atoms with van der Waals surface area (Å²) < 4.78 is 0. The molecule has 4 N–H and O–H groups in total. The summed E-state index contributed by atoms with van der Waals surface area (Å²) in [7, 11) is 3.06. The third-order valence-corrected chi connectivity index (χ3v) is 8.57. The van der Waals surface area contributed by atoms with E-state index in [1.165, 1.54) is 35.5 Å². The van der Waals surface area contributed by atoms with Crippen LogP contribution in [0, 0.1) is 0 Å². The highest BCUT2D eigenvalue weighted by atomic mass is 35.5. The van der Waals surface area contributed by atoms with E-state index in [4.69, 9.17) is 22.2 Å². The number of hydrogen-bond acceptors (Lipinski definition) is 12. The molecule has 15 heteroatoms. The fourth-order valence-electron chi connectivity index (χ4n) is 3.58. The van der Waals surface area contributed by atoms with Crippen LogP contribution in [0.3, 0.4) is 0 Å². The number of carbonyl (C=O) groups excluding carboxylic acids is 3. The van der Waals surface area contributed by atoms with E-state index in [2.05, 4.69) is 25.8 Å². The van der Waals surface area contributed by atoms with Crippen LogP contribution in [0.15, 0.2) is 51.2 Å². The highest BCUT2D eigenvalue weighted by molar-refractivity contribution is 8.01. The number of pyridine rings is 1. The second-order valence-corrected chi connectivity index (χ2v) is 10.7. The zero-order valence-corrected chi connectivity index (χ0v) is 21.6. The topological polar surface area (TPSA) is 152 Å². The van der Waals surface area contributed by atoms with Gasteiger partial charge in [0.15, 0.2) is 10.8 Å². The number of rotatable bonds is 9. The molecule has 0 aromatic carbocycles. The summed E-state index contributed by atoms with van der Waals surface area (Å²) in [5, 5.41) is 9.87. The number of β-lactam (4-membered cyclic amide) rings is 1. The van der Waals surface area contributed by atoms with Gasteiger partial charge in [0.2, 0.25) is 0 Å². The molecule has 1 fully saturated rings. The third-order valence-electron chi connectivity index (χ3n) is 5.12. The number of oxime groups is 1. The van der Waals surface area contributed by atoms with Crippen LogP contribution in [0.4, 0.5) is 5.13 Å². The van der Waals surface area contributed by atoms with E-state index in [-0.39, 0.29) is 27.6 Å². The number of nitrogens with zero attached hydrogens (tertiary/aromatic N) is 4. The maximum Gasteiger partial charge on any atom is 0.276 e. The number of carbonyl (C=O) groups is 3. The molecule has 2 aliphatic heterocycles. The number of thiazole rings is 1. The summed E-state index contributed by atoms with van der Waals surface area (Å²) in [6, 6.07) is 2.83. The molecule has 11 nitrogen and oxygen atoms in total. The first-order valence-corrected chi connectivity index (χ1v) is 13.3. The van der Waals surface area contributed by atoms with Gasteiger partial charge < -0.3 is 21.2 Å². The first kappa shape index (κ1) is 25.4. The minimum absolute atomic E-state index is 0.110. The second-order valence-electron chi connectivity index (χ2n) is 7.17. The Hall–Kier alpha value is -2.65. The van der Waals surface area contributed by atoms with Crippen LogP contribution >= 0.6 is 46.5 Å². The molecule has 1 saturated heterocycles. The van der Waals surface area contributed by atoms with Gasteiger partial charge in [-0.15, -0.1) is 34.9 Å². The normalized spacial score (nSPS) is 20.7. The van der Waals surface area contributed by atoms with Crippen molar-refractivity contribution in [3.63, 3.8) is 0 Å². The van der Waals surface area contributed by atoms with Crippen LogP contribution in [0.25, 0.3) is 0 Å². The van der Waals surface area contributed by atoms with Crippen molar-refractivity contribution in [2.24, 2.45) is 5.16 Å². The van der Waals surface area contributed by atoms with Gasteiger partial charge in [0.1, 0.15) is 29.9 Å². The lowest BCUT2D eigenvalue weighted by molar-refractivity contribution is -0.146. The molecular formula is C20H20ClN7O4S3. The quantitative estimate of drug-likeness (QED) is 0.103. The predicted molar refractivity (Wildman–Crippen MR) is 136 cm³/mol. The van der Waals surface area contributed by atoms with Crippen molar-refractivity contribution in [3.8, 4) is 0 Å². The average molecular weight is 554 g/mol. The van der Waals surface area contributed by atoms with Gasteiger partial charge in [-0.25, -0.2) is 4.98 Å². The van der Waals surface area contributed by atoms with Crippen molar-refractivity contribution < 1.29 is 19.2 Å². The molecule has 0 radical (unpaired) electrons. The molecule has 0 saturated carbocycles. The van der Waals surface area contributed by atoms with Crippen molar-refractivity contribution in [2.75, 3.05) is 25.6 Å². The largest absolute Gasteiger partial charge is 0.398 e. The standard InChI is InChI=1S/C20H20ClN7O4S3/c1-23-17(35-9-3-5-24-6-4-9)10-7-33-19-13(18(31)28(19)14(10)15(21)29)26-16(30)12(27-32-2)11-8-34-20(22)25-11/h3-6,8,13,17,19,23H,7H2,1-2H3,(H2,22,25)(H,26,30)/b27-12-/t13-,17?,19-/m1/s1. The molecule has 0 bridgehead atoms. The Morgan fingerprint density at radius 1 is 1.40 bits per heavy atom. The highest BCUT2D eigenvalue weighted by Gasteiger charge is 2.54. The molecule has 0 spiro atoms. The van der Waals surface area contributed by atoms with Gasteiger partial charge in [-0.3, -0.25) is 24.3 Å². The Morgan fingerprint density at radius 3 is 2.74 bits per heavy atom. The number of nitrogens with two attached hydrogens (primary N) is 1. The summed E-state index contributed by atoms with van der Waals surface area (Å²) in [5.41, 5.74) is 6.60. The number of anilines is 1. The predicted octanol–water partition coefficient (Wildman–Crippen LogP) is 1.23. The zero-order chi connectivity index (χ0) is 25.1. The molecule has 0 aliphatic carbocycles. The number of allylic oxidation sites excluding steroid dienone is 1. The molecule has 4 heterocycles. The van der Waals surface area contributed by atoms with Gasteiger partial charge in [0.05, 0.1) is 5.37 Å². The Bertz CT molecular complexity index is 1210. The van der Waals surface area contributed by atoms with Crippen molar-refractivity contribution in [3.05, 3.63) is 46.9 Å². The molecule has 4 rings (SSSR count). The SMILES string of the molecule is CNC(Sc1ccncc1)C1=C(C(=O)Cl)N2C(=O)[C@@H](NC(=O)/C(=N\OC)c3csc(N)n3)[C@H]2SC1. The Balaban J connectivity index is 1.55. The lowest BCUT2D eigenvalue weighted by Gasteiger charge is -2.50. The maximum atomic E-state index is 13.1. The summed E-state index contributed by atoms with van der Waals surface area (Å²) in [5.74, 6) is -0.666. The van der Waals surface area contributed by atoms with E-state index in [1.807, 2.05) is 12.1 Å². The van der Waals surface area contributed by atoms with Crippen molar-refractivity contribution in [1.29, 1.82) is 0 Å². The summed E-state index contributed by atoms with van der Waals surface area (Å²) in [6.07, 6.45) is 3.35. The molecule has 35 heavy (non-hydrogen) atoms. The monoisotopic (exact) mass is 553 g/mol. The number of nitrogens with one attached hydrogen (secondary N) is 2. The van der Waals surface area contributed by atoms with E-state index in [9.17, 15) is 14.4 Å². The zero-order valence-electron chi connectivity index (χ0n) is 18.4. The van der Waals surface area contributed by atoms with Crippen LogP contribution in [0.5, 0.6) is 0 Å². The summed E-state index contributed by atoms with van der Waals surface area (Å²) in [6.45, 7) is 0. The fraction of sp³-hybridized carbons (Fsp3) is 0.300. The number of amides is 2. The van der Waals surface area contributed by atoms with Crippen LogP contribution in [-0.2, 0) is 19.2 Å². The molecule has 2 amide bonds. The lowest BCUT2D eigenvalue weighted by Crippen LogP contribution is -2.71. The molecule has 184 valence electrons. The van der Waals surface area contributed by atoms with E-state index < -0.39 is 28.5 Å².